The molecule has 1 heterocycles. The molecule has 4 nitrogen and oxygen atoms in total. The van der Waals surface area contributed by atoms with Crippen molar-refractivity contribution < 1.29 is 9.90 Å². The van der Waals surface area contributed by atoms with Gasteiger partial charge in [0, 0.05) is 6.42 Å². The maximum absolute atomic E-state index is 10.5. The summed E-state index contributed by atoms with van der Waals surface area (Å²) in [5, 5.41) is 17.3. The first-order valence-corrected chi connectivity index (χ1v) is 4.99. The van der Waals surface area contributed by atoms with Crippen LogP contribution in [0.25, 0.3) is 0 Å². The fourth-order valence-electron chi connectivity index (χ4n) is 1.87. The highest BCUT2D eigenvalue weighted by molar-refractivity contribution is 5.67. The summed E-state index contributed by atoms with van der Waals surface area (Å²) < 4.78 is 0. The normalized spacial score (nSPS) is 21.4. The van der Waals surface area contributed by atoms with E-state index in [-0.39, 0.29) is 12.5 Å². The van der Waals surface area contributed by atoms with Gasteiger partial charge in [0.05, 0.1) is 12.1 Å². The monoisotopic (exact) mass is 196 g/mol. The molecule has 1 aliphatic rings. The van der Waals surface area contributed by atoms with Crippen LogP contribution in [0.4, 0.5) is 0 Å². The van der Waals surface area contributed by atoms with E-state index in [9.17, 15) is 4.79 Å². The summed E-state index contributed by atoms with van der Waals surface area (Å²) in [6.07, 6.45) is 2.07. The standard InChI is InChI=1S/C10H16N2O2/c1-8(7-11)12-4-2-9(3-5-12)6-10(13)14/h8-9H,2-6H2,1H3,(H,13,14). The Hall–Kier alpha value is -1.08. The van der Waals surface area contributed by atoms with Crippen LogP contribution in [-0.4, -0.2) is 35.1 Å². The Labute approximate surface area is 84.1 Å². The molecule has 0 aromatic rings. The smallest absolute Gasteiger partial charge is 0.303 e. The number of carboxylic acid groups (broad SMARTS) is 1. The maximum Gasteiger partial charge on any atom is 0.303 e. The Morgan fingerprint density at radius 2 is 2.21 bits per heavy atom. The summed E-state index contributed by atoms with van der Waals surface area (Å²) in [6, 6.07) is 2.16. The third-order valence-electron chi connectivity index (χ3n) is 2.85. The fraction of sp³-hybridized carbons (Fsp3) is 0.800. The van der Waals surface area contributed by atoms with E-state index in [0.717, 1.165) is 25.9 Å². The molecule has 1 N–H and O–H groups in total. The van der Waals surface area contributed by atoms with Gasteiger partial charge in [0.15, 0.2) is 0 Å². The summed E-state index contributed by atoms with van der Waals surface area (Å²) in [5.41, 5.74) is 0. The average Bonchev–Trinajstić information content (AvgIpc) is 2.17. The molecule has 14 heavy (non-hydrogen) atoms. The van der Waals surface area contributed by atoms with Crippen molar-refractivity contribution in [3.05, 3.63) is 0 Å². The Bertz CT molecular complexity index is 239. The van der Waals surface area contributed by atoms with Crippen molar-refractivity contribution in [2.24, 2.45) is 5.92 Å². The van der Waals surface area contributed by atoms with Gasteiger partial charge in [-0.1, -0.05) is 0 Å². The number of likely N-dealkylation sites (tertiary alicyclic amines) is 1. The third-order valence-corrected chi connectivity index (χ3v) is 2.85. The SMILES string of the molecule is CC(C#N)N1CCC(CC(=O)O)CC1. The summed E-state index contributed by atoms with van der Waals surface area (Å²) in [7, 11) is 0. The van der Waals surface area contributed by atoms with E-state index >= 15 is 0 Å². The molecule has 1 atom stereocenters. The van der Waals surface area contributed by atoms with Crippen LogP contribution in [0.3, 0.4) is 0 Å². The van der Waals surface area contributed by atoms with Crippen molar-refractivity contribution in [1.29, 1.82) is 5.26 Å². The highest BCUT2D eigenvalue weighted by atomic mass is 16.4. The minimum atomic E-state index is -0.711. The van der Waals surface area contributed by atoms with Crippen molar-refractivity contribution in [1.82, 2.24) is 4.90 Å². The number of hydrogen-bond acceptors (Lipinski definition) is 3. The van der Waals surface area contributed by atoms with Gasteiger partial charge in [-0.05, 0) is 38.8 Å². The molecule has 0 saturated carbocycles. The number of nitriles is 1. The molecule has 78 valence electrons. The minimum Gasteiger partial charge on any atom is -0.481 e. The second-order valence-corrected chi connectivity index (χ2v) is 3.88. The predicted molar refractivity (Wildman–Crippen MR) is 51.6 cm³/mol. The van der Waals surface area contributed by atoms with Gasteiger partial charge in [-0.3, -0.25) is 9.69 Å². The number of aliphatic carboxylic acids is 1. The Kier molecular flexibility index (Phi) is 3.90. The van der Waals surface area contributed by atoms with Gasteiger partial charge in [-0.25, -0.2) is 0 Å². The molecular weight excluding hydrogens is 180 g/mol. The molecule has 1 fully saturated rings. The van der Waals surface area contributed by atoms with Gasteiger partial charge in [0.25, 0.3) is 0 Å². The van der Waals surface area contributed by atoms with Crippen LogP contribution in [0.15, 0.2) is 0 Å². The predicted octanol–water partition coefficient (Wildman–Crippen LogP) is 1.09. The molecule has 1 aliphatic heterocycles. The molecule has 0 bridgehead atoms. The van der Waals surface area contributed by atoms with E-state index in [1.54, 1.807) is 0 Å². The summed E-state index contributed by atoms with van der Waals surface area (Å²) >= 11 is 0. The fourth-order valence-corrected chi connectivity index (χ4v) is 1.87. The first-order chi connectivity index (χ1) is 6.63. The Balaban J connectivity index is 2.32. The molecule has 0 radical (unpaired) electrons. The lowest BCUT2D eigenvalue weighted by Crippen LogP contribution is -2.39. The molecule has 0 aliphatic carbocycles. The maximum atomic E-state index is 10.5. The number of carbonyl (C=O) groups is 1. The van der Waals surface area contributed by atoms with Crippen LogP contribution in [0.5, 0.6) is 0 Å². The van der Waals surface area contributed by atoms with Crippen LogP contribution < -0.4 is 0 Å². The van der Waals surface area contributed by atoms with Crippen LogP contribution in [0.2, 0.25) is 0 Å². The van der Waals surface area contributed by atoms with Crippen LogP contribution in [0, 0.1) is 17.2 Å². The molecule has 0 amide bonds. The number of rotatable bonds is 3. The topological polar surface area (TPSA) is 64.3 Å². The average molecular weight is 196 g/mol. The lowest BCUT2D eigenvalue weighted by atomic mass is 9.93. The molecule has 1 rings (SSSR count). The van der Waals surface area contributed by atoms with E-state index in [0.29, 0.717) is 5.92 Å². The van der Waals surface area contributed by atoms with Crippen molar-refractivity contribution >= 4 is 5.97 Å². The summed E-state index contributed by atoms with van der Waals surface area (Å²) in [5.74, 6) is -0.411. The lowest BCUT2D eigenvalue weighted by molar-refractivity contribution is -0.138. The van der Waals surface area contributed by atoms with Crippen molar-refractivity contribution in [2.45, 2.75) is 32.2 Å². The summed E-state index contributed by atoms with van der Waals surface area (Å²) in [4.78, 5) is 12.6. The van der Waals surface area contributed by atoms with Gasteiger partial charge >= 0.3 is 5.97 Å². The molecule has 4 heteroatoms. The second kappa shape index (κ2) is 4.97. The zero-order valence-electron chi connectivity index (χ0n) is 8.44. The summed E-state index contributed by atoms with van der Waals surface area (Å²) in [6.45, 7) is 3.59. The van der Waals surface area contributed by atoms with Crippen molar-refractivity contribution in [3.8, 4) is 6.07 Å². The number of nitrogens with zero attached hydrogens (tertiary/aromatic N) is 2. The molecule has 0 spiro atoms. The first kappa shape index (κ1) is 11.0. The van der Waals surface area contributed by atoms with Crippen LogP contribution in [-0.2, 0) is 4.79 Å². The highest BCUT2D eigenvalue weighted by Gasteiger charge is 2.23. The molecule has 1 unspecified atom stereocenters. The molecule has 0 aromatic heterocycles. The Morgan fingerprint density at radius 3 is 2.64 bits per heavy atom. The number of hydrogen-bond donors (Lipinski definition) is 1. The van der Waals surface area contributed by atoms with Crippen molar-refractivity contribution in [3.63, 3.8) is 0 Å². The quantitative estimate of drug-likeness (QED) is 0.733. The van der Waals surface area contributed by atoms with Crippen LogP contribution in [0.1, 0.15) is 26.2 Å². The molecular formula is C10H16N2O2. The van der Waals surface area contributed by atoms with Crippen LogP contribution >= 0.6 is 0 Å². The van der Waals surface area contributed by atoms with E-state index < -0.39 is 5.97 Å². The van der Waals surface area contributed by atoms with Gasteiger partial charge < -0.3 is 5.11 Å². The van der Waals surface area contributed by atoms with Gasteiger partial charge in [0.2, 0.25) is 0 Å². The van der Waals surface area contributed by atoms with E-state index in [2.05, 4.69) is 11.0 Å². The van der Waals surface area contributed by atoms with E-state index in [4.69, 9.17) is 10.4 Å². The van der Waals surface area contributed by atoms with Gasteiger partial charge in [-0.2, -0.15) is 5.26 Å². The van der Waals surface area contributed by atoms with Gasteiger partial charge in [-0.15, -0.1) is 0 Å². The first-order valence-electron chi connectivity index (χ1n) is 4.99. The molecule has 1 saturated heterocycles. The highest BCUT2D eigenvalue weighted by Crippen LogP contribution is 2.21. The minimum absolute atomic E-state index is 0.0409. The zero-order chi connectivity index (χ0) is 10.6. The number of carboxylic acids is 1. The molecule has 0 aromatic carbocycles. The lowest BCUT2D eigenvalue weighted by Gasteiger charge is -2.32. The Morgan fingerprint density at radius 1 is 1.64 bits per heavy atom. The van der Waals surface area contributed by atoms with Crippen molar-refractivity contribution in [2.75, 3.05) is 13.1 Å². The van der Waals surface area contributed by atoms with Gasteiger partial charge in [0.1, 0.15) is 0 Å². The van der Waals surface area contributed by atoms with E-state index in [1.165, 1.54) is 0 Å². The van der Waals surface area contributed by atoms with E-state index in [1.807, 2.05) is 6.92 Å². The third kappa shape index (κ3) is 3.00. The number of piperidine rings is 1. The second-order valence-electron chi connectivity index (χ2n) is 3.88. The largest absolute Gasteiger partial charge is 0.481 e. The zero-order valence-corrected chi connectivity index (χ0v) is 8.44.